The molecule has 8 nitrogen and oxygen atoms in total. The quantitative estimate of drug-likeness (QED) is 0.301. The van der Waals surface area contributed by atoms with E-state index in [-0.39, 0.29) is 11.6 Å². The van der Waals surface area contributed by atoms with Crippen LogP contribution >= 0.6 is 11.8 Å². The van der Waals surface area contributed by atoms with E-state index < -0.39 is 0 Å². The normalized spacial score (nSPS) is 11.0. The van der Waals surface area contributed by atoms with Gasteiger partial charge in [-0.15, -0.1) is 11.8 Å². The lowest BCUT2D eigenvalue weighted by Crippen LogP contribution is -2.13. The van der Waals surface area contributed by atoms with Crippen molar-refractivity contribution in [1.82, 2.24) is 25.1 Å². The fourth-order valence-corrected chi connectivity index (χ4v) is 4.05. The molecule has 0 fully saturated rings. The Bertz CT molecular complexity index is 1350. The van der Waals surface area contributed by atoms with Gasteiger partial charge in [-0.05, 0) is 17.7 Å². The number of benzene rings is 2. The molecule has 5 aromatic rings. The Balaban J connectivity index is 1.30. The number of hydrogen-bond donors (Lipinski definition) is 2. The van der Waals surface area contributed by atoms with E-state index >= 15 is 0 Å². The molecule has 0 aliphatic carbocycles. The van der Waals surface area contributed by atoms with Crippen molar-refractivity contribution in [3.8, 4) is 11.3 Å². The molecular weight excluding hydrogens is 412 g/mol. The van der Waals surface area contributed by atoms with E-state index in [1.165, 1.54) is 12.7 Å². The molecule has 0 unspecified atom stereocenters. The molecule has 0 saturated heterocycles. The highest BCUT2D eigenvalue weighted by molar-refractivity contribution is 7.98. The van der Waals surface area contributed by atoms with Crippen molar-refractivity contribution in [2.24, 2.45) is 0 Å². The van der Waals surface area contributed by atoms with Crippen LogP contribution in [-0.2, 0) is 5.75 Å². The van der Waals surface area contributed by atoms with Crippen LogP contribution in [0.5, 0.6) is 0 Å². The van der Waals surface area contributed by atoms with Gasteiger partial charge in [-0.25, -0.2) is 15.0 Å². The molecule has 0 spiro atoms. The molecule has 0 radical (unpaired) electrons. The van der Waals surface area contributed by atoms with Crippen LogP contribution < -0.4 is 5.32 Å². The van der Waals surface area contributed by atoms with Crippen LogP contribution in [0.15, 0.2) is 83.0 Å². The van der Waals surface area contributed by atoms with Crippen LogP contribution in [0.1, 0.15) is 16.1 Å². The van der Waals surface area contributed by atoms with Gasteiger partial charge in [-0.2, -0.15) is 5.10 Å². The number of nitrogens with zero attached hydrogens (tertiary/aromatic N) is 4. The molecule has 2 N–H and O–H groups in total. The number of rotatable bonds is 6. The predicted molar refractivity (Wildman–Crippen MR) is 118 cm³/mol. The lowest BCUT2D eigenvalue weighted by molar-refractivity contribution is 0.102. The third kappa shape index (κ3) is 4.03. The first-order chi connectivity index (χ1) is 15.3. The number of anilines is 1. The first kappa shape index (κ1) is 19.0. The van der Waals surface area contributed by atoms with Crippen LogP contribution in [0.25, 0.3) is 22.4 Å². The Morgan fingerprint density at radius 1 is 1.06 bits per heavy atom. The van der Waals surface area contributed by atoms with E-state index in [9.17, 15) is 4.79 Å². The molecule has 9 heteroatoms. The molecule has 5 rings (SSSR count). The van der Waals surface area contributed by atoms with Crippen LogP contribution in [-0.4, -0.2) is 31.1 Å². The standard InChI is InChI=1S/C22H16N6O2S/c29-21(18-19(30-13-25-18)15-6-2-1-3-7-15)27-16-8-4-5-14(9-16)11-31-22-17-10-26-28-20(17)23-12-24-22/h1-10,12-13H,11H2,(H,27,29)(H,23,24,26,28). The topological polar surface area (TPSA) is 110 Å². The molecule has 0 saturated carbocycles. The van der Waals surface area contributed by atoms with E-state index in [1.807, 2.05) is 54.6 Å². The second kappa shape index (κ2) is 8.41. The maximum atomic E-state index is 12.8. The molecule has 3 heterocycles. The predicted octanol–water partition coefficient (Wildman–Crippen LogP) is 4.55. The highest BCUT2D eigenvalue weighted by Gasteiger charge is 2.18. The summed E-state index contributed by atoms with van der Waals surface area (Å²) in [6.07, 6.45) is 4.51. The number of thioether (sulfide) groups is 1. The monoisotopic (exact) mass is 428 g/mol. The van der Waals surface area contributed by atoms with Gasteiger partial charge in [0.2, 0.25) is 0 Å². The zero-order chi connectivity index (χ0) is 21.0. The number of nitrogens with one attached hydrogen (secondary N) is 2. The highest BCUT2D eigenvalue weighted by atomic mass is 32.2. The van der Waals surface area contributed by atoms with Crippen molar-refractivity contribution >= 4 is 34.4 Å². The summed E-state index contributed by atoms with van der Waals surface area (Å²) in [4.78, 5) is 25.4. The number of carbonyl (C=O) groups is 1. The molecular formula is C22H16N6O2S. The summed E-state index contributed by atoms with van der Waals surface area (Å²) in [5, 5.41) is 11.5. The van der Waals surface area contributed by atoms with Gasteiger partial charge in [0.15, 0.2) is 23.5 Å². The van der Waals surface area contributed by atoms with E-state index in [0.717, 1.165) is 21.5 Å². The van der Waals surface area contributed by atoms with Crippen molar-refractivity contribution in [2.75, 3.05) is 5.32 Å². The molecule has 0 bridgehead atoms. The second-order valence-corrected chi connectivity index (χ2v) is 7.61. The molecule has 0 atom stereocenters. The van der Waals surface area contributed by atoms with Gasteiger partial charge in [-0.1, -0.05) is 42.5 Å². The summed E-state index contributed by atoms with van der Waals surface area (Å²) in [5.74, 6) is 0.797. The minimum absolute atomic E-state index is 0.245. The Kier molecular flexibility index (Phi) is 5.16. The number of oxazole rings is 1. The van der Waals surface area contributed by atoms with E-state index in [1.54, 1.807) is 18.0 Å². The van der Waals surface area contributed by atoms with E-state index in [4.69, 9.17) is 4.42 Å². The van der Waals surface area contributed by atoms with Gasteiger partial charge >= 0.3 is 0 Å². The SMILES string of the molecule is O=C(Nc1cccc(CSc2ncnc3[nH]ncc23)c1)c1ncoc1-c1ccccc1. The van der Waals surface area contributed by atoms with Gasteiger partial charge in [-0.3, -0.25) is 9.89 Å². The van der Waals surface area contributed by atoms with Crippen LogP contribution in [0, 0.1) is 0 Å². The molecule has 152 valence electrons. The van der Waals surface area contributed by atoms with Gasteiger partial charge in [0.25, 0.3) is 5.91 Å². The van der Waals surface area contributed by atoms with Crippen molar-refractivity contribution in [1.29, 1.82) is 0 Å². The fourth-order valence-electron chi connectivity index (χ4n) is 3.14. The third-order valence-corrected chi connectivity index (χ3v) is 5.67. The van der Waals surface area contributed by atoms with Crippen molar-refractivity contribution < 1.29 is 9.21 Å². The average Bonchev–Trinajstić information content (AvgIpc) is 3.48. The van der Waals surface area contributed by atoms with Crippen molar-refractivity contribution in [2.45, 2.75) is 10.8 Å². The fraction of sp³-hybridized carbons (Fsp3) is 0.0455. The summed E-state index contributed by atoms with van der Waals surface area (Å²) in [5.41, 5.74) is 3.48. The lowest BCUT2D eigenvalue weighted by Gasteiger charge is -2.07. The number of aromatic amines is 1. The zero-order valence-corrected chi connectivity index (χ0v) is 17.0. The second-order valence-electron chi connectivity index (χ2n) is 6.65. The number of H-pyrrole nitrogens is 1. The Morgan fingerprint density at radius 2 is 1.97 bits per heavy atom. The summed E-state index contributed by atoms with van der Waals surface area (Å²) < 4.78 is 5.45. The largest absolute Gasteiger partial charge is 0.443 e. The summed E-state index contributed by atoms with van der Waals surface area (Å²) in [6.45, 7) is 0. The first-order valence-electron chi connectivity index (χ1n) is 9.44. The average molecular weight is 428 g/mol. The minimum atomic E-state index is -0.326. The Hall–Kier alpha value is -3.98. The molecule has 3 aromatic heterocycles. The molecule has 2 aromatic carbocycles. The van der Waals surface area contributed by atoms with Crippen LogP contribution in [0.3, 0.4) is 0 Å². The zero-order valence-electron chi connectivity index (χ0n) is 16.1. The minimum Gasteiger partial charge on any atom is -0.443 e. The lowest BCUT2D eigenvalue weighted by atomic mass is 10.1. The molecule has 0 aliphatic rings. The molecule has 1 amide bonds. The van der Waals surface area contributed by atoms with Crippen molar-refractivity contribution in [3.63, 3.8) is 0 Å². The summed E-state index contributed by atoms with van der Waals surface area (Å²) >= 11 is 1.58. The van der Waals surface area contributed by atoms with Crippen molar-refractivity contribution in [3.05, 3.63) is 84.8 Å². The number of carbonyl (C=O) groups excluding carboxylic acids is 1. The highest BCUT2D eigenvalue weighted by Crippen LogP contribution is 2.28. The third-order valence-electron chi connectivity index (χ3n) is 4.59. The van der Waals surface area contributed by atoms with Gasteiger partial charge in [0.05, 0.1) is 11.6 Å². The smallest absolute Gasteiger partial charge is 0.278 e. The maximum Gasteiger partial charge on any atom is 0.278 e. The van der Waals surface area contributed by atoms with E-state index in [0.29, 0.717) is 22.8 Å². The van der Waals surface area contributed by atoms with Crippen LogP contribution in [0.2, 0.25) is 0 Å². The van der Waals surface area contributed by atoms with E-state index in [2.05, 4.69) is 30.5 Å². The van der Waals surface area contributed by atoms with Gasteiger partial charge in [0.1, 0.15) is 11.4 Å². The number of hydrogen-bond acceptors (Lipinski definition) is 7. The Morgan fingerprint density at radius 3 is 2.87 bits per heavy atom. The van der Waals surface area contributed by atoms with Gasteiger partial charge < -0.3 is 9.73 Å². The maximum absolute atomic E-state index is 12.8. The van der Waals surface area contributed by atoms with Gasteiger partial charge in [0, 0.05) is 17.0 Å². The van der Waals surface area contributed by atoms with Crippen LogP contribution in [0.4, 0.5) is 5.69 Å². The summed E-state index contributed by atoms with van der Waals surface area (Å²) in [6, 6.07) is 17.1. The number of aromatic nitrogens is 5. The molecule has 0 aliphatic heterocycles. The Labute approximate surface area is 181 Å². The number of fused-ring (bicyclic) bond motifs is 1. The molecule has 31 heavy (non-hydrogen) atoms. The number of amides is 1. The summed E-state index contributed by atoms with van der Waals surface area (Å²) in [7, 11) is 0. The first-order valence-corrected chi connectivity index (χ1v) is 10.4.